The number of anilines is 1. The molecule has 17 heavy (non-hydrogen) atoms. The van der Waals surface area contributed by atoms with E-state index in [9.17, 15) is 15.0 Å². The number of hydrogen-bond acceptors (Lipinski definition) is 4. The van der Waals surface area contributed by atoms with E-state index >= 15 is 0 Å². The van der Waals surface area contributed by atoms with Crippen LogP contribution in [0, 0.1) is 0 Å². The molecule has 0 aliphatic heterocycles. The normalized spacial score (nSPS) is 10.3. The van der Waals surface area contributed by atoms with Crippen LogP contribution in [0.3, 0.4) is 0 Å². The minimum atomic E-state index is -0.378. The van der Waals surface area contributed by atoms with Gasteiger partial charge in [0, 0.05) is 37.0 Å². The van der Waals surface area contributed by atoms with E-state index in [4.69, 9.17) is 0 Å². The lowest BCUT2D eigenvalue weighted by Crippen LogP contribution is -2.34. The maximum Gasteiger partial charge on any atom is 0.319 e. The average Bonchev–Trinajstić information content (AvgIpc) is 2.14. The first-order chi connectivity index (χ1) is 7.97. The number of amides is 2. The smallest absolute Gasteiger partial charge is 0.319 e. The van der Waals surface area contributed by atoms with E-state index < -0.39 is 0 Å². The number of urea groups is 1. The number of aromatic hydroxyl groups is 2. The Bertz CT molecular complexity index is 373. The van der Waals surface area contributed by atoms with E-state index in [0.29, 0.717) is 12.2 Å². The fourth-order valence-corrected chi connectivity index (χ4v) is 1.24. The van der Waals surface area contributed by atoms with Gasteiger partial charge in [-0.05, 0) is 14.1 Å². The van der Waals surface area contributed by atoms with Crippen LogP contribution in [0.5, 0.6) is 11.5 Å². The topological polar surface area (TPSA) is 84.8 Å². The van der Waals surface area contributed by atoms with Crippen LogP contribution in [0.2, 0.25) is 0 Å². The van der Waals surface area contributed by atoms with Gasteiger partial charge in [-0.15, -0.1) is 0 Å². The Morgan fingerprint density at radius 1 is 1.24 bits per heavy atom. The molecule has 0 bridgehead atoms. The Kier molecular flexibility index (Phi) is 4.59. The van der Waals surface area contributed by atoms with Gasteiger partial charge in [0.05, 0.1) is 0 Å². The number of carbonyl (C=O) groups excluding carboxylic acids is 1. The number of benzene rings is 1. The highest BCUT2D eigenvalue weighted by Crippen LogP contribution is 2.23. The van der Waals surface area contributed by atoms with Crippen molar-refractivity contribution in [2.75, 3.05) is 32.5 Å². The molecule has 6 heteroatoms. The molecule has 0 heterocycles. The summed E-state index contributed by atoms with van der Waals surface area (Å²) >= 11 is 0. The highest BCUT2D eigenvalue weighted by Gasteiger charge is 2.03. The number of nitrogens with zero attached hydrogens (tertiary/aromatic N) is 1. The molecule has 1 aromatic rings. The van der Waals surface area contributed by atoms with E-state index in [2.05, 4.69) is 10.6 Å². The van der Waals surface area contributed by atoms with Gasteiger partial charge in [0.15, 0.2) is 0 Å². The fraction of sp³-hybridized carbons (Fsp3) is 0.364. The summed E-state index contributed by atoms with van der Waals surface area (Å²) in [5.41, 5.74) is 0.338. The van der Waals surface area contributed by atoms with Crippen LogP contribution in [0.4, 0.5) is 10.5 Å². The minimum absolute atomic E-state index is 0.103. The Balaban J connectivity index is 2.45. The molecule has 2 amide bonds. The van der Waals surface area contributed by atoms with Crippen LogP contribution < -0.4 is 10.6 Å². The number of phenolic OH excluding ortho intramolecular Hbond substituents is 2. The number of rotatable bonds is 4. The molecule has 0 saturated heterocycles. The molecule has 0 radical (unpaired) electrons. The van der Waals surface area contributed by atoms with E-state index in [1.54, 1.807) is 0 Å². The van der Waals surface area contributed by atoms with Gasteiger partial charge in [-0.3, -0.25) is 0 Å². The Morgan fingerprint density at radius 2 is 1.82 bits per heavy atom. The maximum atomic E-state index is 11.4. The summed E-state index contributed by atoms with van der Waals surface area (Å²) in [6.45, 7) is 1.25. The van der Waals surface area contributed by atoms with Gasteiger partial charge in [0.25, 0.3) is 0 Å². The first-order valence-electron chi connectivity index (χ1n) is 5.20. The summed E-state index contributed by atoms with van der Waals surface area (Å²) in [6.07, 6.45) is 0. The van der Waals surface area contributed by atoms with Crippen LogP contribution >= 0.6 is 0 Å². The van der Waals surface area contributed by atoms with Gasteiger partial charge in [0.1, 0.15) is 11.5 Å². The Hall–Kier alpha value is -1.95. The zero-order chi connectivity index (χ0) is 12.8. The van der Waals surface area contributed by atoms with Gasteiger partial charge in [-0.25, -0.2) is 4.79 Å². The Labute approximate surface area is 99.9 Å². The fourth-order valence-electron chi connectivity index (χ4n) is 1.24. The van der Waals surface area contributed by atoms with E-state index in [1.165, 1.54) is 18.2 Å². The molecular formula is C11H17N3O3. The van der Waals surface area contributed by atoms with Crippen LogP contribution in [-0.4, -0.2) is 48.3 Å². The molecular weight excluding hydrogens is 222 g/mol. The summed E-state index contributed by atoms with van der Waals surface area (Å²) in [6, 6.07) is 3.52. The third-order valence-electron chi connectivity index (χ3n) is 2.00. The van der Waals surface area contributed by atoms with E-state index in [-0.39, 0.29) is 17.5 Å². The summed E-state index contributed by atoms with van der Waals surface area (Å²) in [5, 5.41) is 23.6. The maximum absolute atomic E-state index is 11.4. The molecule has 0 unspecified atom stereocenters. The summed E-state index contributed by atoms with van der Waals surface area (Å²) in [4.78, 5) is 13.4. The molecule has 0 aliphatic carbocycles. The van der Waals surface area contributed by atoms with Gasteiger partial charge in [0.2, 0.25) is 0 Å². The van der Waals surface area contributed by atoms with Crippen molar-refractivity contribution in [1.82, 2.24) is 10.2 Å². The highest BCUT2D eigenvalue weighted by atomic mass is 16.3. The molecule has 0 spiro atoms. The molecule has 4 N–H and O–H groups in total. The highest BCUT2D eigenvalue weighted by molar-refractivity contribution is 5.89. The second-order valence-corrected chi connectivity index (χ2v) is 3.92. The van der Waals surface area contributed by atoms with Crippen LogP contribution in [0.25, 0.3) is 0 Å². The SMILES string of the molecule is CN(C)CCNC(=O)Nc1cc(O)cc(O)c1. The predicted octanol–water partition coefficient (Wildman–Crippen LogP) is 0.781. The lowest BCUT2D eigenvalue weighted by Gasteiger charge is -2.11. The second-order valence-electron chi connectivity index (χ2n) is 3.92. The number of hydrogen-bond donors (Lipinski definition) is 4. The molecule has 0 aliphatic rings. The molecule has 0 saturated carbocycles. The van der Waals surface area contributed by atoms with Crippen molar-refractivity contribution in [3.8, 4) is 11.5 Å². The summed E-state index contributed by atoms with van der Waals surface area (Å²) in [5.74, 6) is -0.206. The lowest BCUT2D eigenvalue weighted by molar-refractivity contribution is 0.250. The molecule has 94 valence electrons. The van der Waals surface area contributed by atoms with E-state index in [0.717, 1.165) is 6.54 Å². The third kappa shape index (κ3) is 5.07. The van der Waals surface area contributed by atoms with Gasteiger partial charge in [-0.2, -0.15) is 0 Å². The molecule has 0 atom stereocenters. The van der Waals surface area contributed by atoms with Crippen LogP contribution in [-0.2, 0) is 0 Å². The first kappa shape index (κ1) is 13.1. The Morgan fingerprint density at radius 3 is 2.35 bits per heavy atom. The molecule has 0 aromatic heterocycles. The summed E-state index contributed by atoms with van der Waals surface area (Å²) < 4.78 is 0. The number of carbonyl (C=O) groups is 1. The van der Waals surface area contributed by atoms with E-state index in [1.807, 2.05) is 19.0 Å². The van der Waals surface area contributed by atoms with Crippen LogP contribution in [0.1, 0.15) is 0 Å². The van der Waals surface area contributed by atoms with Crippen molar-refractivity contribution in [2.45, 2.75) is 0 Å². The lowest BCUT2D eigenvalue weighted by atomic mass is 10.3. The average molecular weight is 239 g/mol. The molecule has 1 aromatic carbocycles. The first-order valence-corrected chi connectivity index (χ1v) is 5.20. The van der Waals surface area contributed by atoms with Crippen molar-refractivity contribution in [1.29, 1.82) is 0 Å². The van der Waals surface area contributed by atoms with Crippen molar-refractivity contribution in [2.24, 2.45) is 0 Å². The monoisotopic (exact) mass is 239 g/mol. The zero-order valence-corrected chi connectivity index (χ0v) is 9.90. The van der Waals surface area contributed by atoms with Crippen molar-refractivity contribution < 1.29 is 15.0 Å². The van der Waals surface area contributed by atoms with Gasteiger partial charge in [-0.1, -0.05) is 0 Å². The van der Waals surface area contributed by atoms with Crippen molar-refractivity contribution >= 4 is 11.7 Å². The zero-order valence-electron chi connectivity index (χ0n) is 9.90. The summed E-state index contributed by atoms with van der Waals surface area (Å²) in [7, 11) is 3.82. The molecule has 1 rings (SSSR count). The van der Waals surface area contributed by atoms with Crippen LogP contribution in [0.15, 0.2) is 18.2 Å². The quantitative estimate of drug-likeness (QED) is 0.625. The number of phenols is 2. The number of nitrogens with one attached hydrogen (secondary N) is 2. The predicted molar refractivity (Wildman–Crippen MR) is 65.3 cm³/mol. The van der Waals surface area contributed by atoms with Gasteiger partial charge < -0.3 is 25.7 Å². The molecule has 0 fully saturated rings. The van der Waals surface area contributed by atoms with Crippen molar-refractivity contribution in [3.05, 3.63) is 18.2 Å². The van der Waals surface area contributed by atoms with Gasteiger partial charge >= 0.3 is 6.03 Å². The molecule has 6 nitrogen and oxygen atoms in total. The number of likely N-dealkylation sites (N-methyl/N-ethyl adjacent to an activating group) is 1. The largest absolute Gasteiger partial charge is 0.508 e. The second kappa shape index (κ2) is 5.95. The third-order valence-corrected chi connectivity index (χ3v) is 2.00. The minimum Gasteiger partial charge on any atom is -0.508 e. The standard InChI is InChI=1S/C11H17N3O3/c1-14(2)4-3-12-11(17)13-8-5-9(15)7-10(16)6-8/h5-7,15-16H,3-4H2,1-2H3,(H2,12,13,17). The van der Waals surface area contributed by atoms with Crippen molar-refractivity contribution in [3.63, 3.8) is 0 Å².